The second-order valence-electron chi connectivity index (χ2n) is 6.10. The topological polar surface area (TPSA) is 0 Å². The molecule has 3 aromatic rings. The van der Waals surface area contributed by atoms with Crippen LogP contribution in [0.15, 0.2) is 60.7 Å². The molecule has 4 rings (SSSR count). The standard InChI is InChI=1S/C21H20/c1-3-16-19-11-5-4-10-17(19)14(2)18-12-6-8-15-9-7-13-20(16)21(15)18/h4-14,16H,3H2,1-2H3. The quantitative estimate of drug-likeness (QED) is 0.521. The van der Waals surface area contributed by atoms with Crippen molar-refractivity contribution >= 4 is 10.8 Å². The third-order valence-electron chi connectivity index (χ3n) is 5.06. The smallest absolute Gasteiger partial charge is 0.00959 e. The van der Waals surface area contributed by atoms with Crippen LogP contribution in [-0.2, 0) is 0 Å². The molecule has 2 unspecified atom stereocenters. The first-order chi connectivity index (χ1) is 10.3. The summed E-state index contributed by atoms with van der Waals surface area (Å²) in [5.41, 5.74) is 5.98. The van der Waals surface area contributed by atoms with Gasteiger partial charge in [-0.1, -0.05) is 74.5 Å². The molecule has 2 atom stereocenters. The molecule has 0 heterocycles. The lowest BCUT2D eigenvalue weighted by Crippen LogP contribution is -2.02. The molecule has 1 aliphatic rings. The molecule has 0 amide bonds. The van der Waals surface area contributed by atoms with Crippen molar-refractivity contribution in [3.8, 4) is 0 Å². The predicted molar refractivity (Wildman–Crippen MR) is 90.0 cm³/mol. The van der Waals surface area contributed by atoms with E-state index < -0.39 is 0 Å². The molecular weight excluding hydrogens is 252 g/mol. The molecule has 0 heteroatoms. The first-order valence-electron chi connectivity index (χ1n) is 7.91. The highest BCUT2D eigenvalue weighted by Crippen LogP contribution is 2.44. The maximum absolute atomic E-state index is 2.35. The summed E-state index contributed by atoms with van der Waals surface area (Å²) < 4.78 is 0. The number of rotatable bonds is 1. The van der Waals surface area contributed by atoms with Crippen LogP contribution in [-0.4, -0.2) is 0 Å². The molecule has 0 fully saturated rings. The van der Waals surface area contributed by atoms with E-state index in [2.05, 4.69) is 74.5 Å². The maximum Gasteiger partial charge on any atom is 0.00959 e. The summed E-state index contributed by atoms with van der Waals surface area (Å²) in [5.74, 6) is 0.971. The van der Waals surface area contributed by atoms with Gasteiger partial charge in [0.05, 0.1) is 0 Å². The average molecular weight is 272 g/mol. The van der Waals surface area contributed by atoms with Gasteiger partial charge in [-0.2, -0.15) is 0 Å². The molecule has 0 bridgehead atoms. The van der Waals surface area contributed by atoms with Crippen LogP contribution in [0.3, 0.4) is 0 Å². The molecule has 0 aliphatic heterocycles. The fraction of sp³-hybridized carbons (Fsp3) is 0.238. The molecule has 0 N–H and O–H groups in total. The van der Waals surface area contributed by atoms with Crippen LogP contribution in [0.4, 0.5) is 0 Å². The largest absolute Gasteiger partial charge is 0.0645 e. The lowest BCUT2D eigenvalue weighted by molar-refractivity contribution is 0.769. The summed E-state index contributed by atoms with van der Waals surface area (Å²) in [6.07, 6.45) is 1.15. The van der Waals surface area contributed by atoms with Crippen LogP contribution in [0.2, 0.25) is 0 Å². The maximum atomic E-state index is 2.35. The summed E-state index contributed by atoms with van der Waals surface area (Å²) in [7, 11) is 0. The van der Waals surface area contributed by atoms with Gasteiger partial charge in [0.25, 0.3) is 0 Å². The van der Waals surface area contributed by atoms with E-state index in [-0.39, 0.29) is 0 Å². The van der Waals surface area contributed by atoms with Crippen LogP contribution in [0, 0.1) is 0 Å². The Morgan fingerprint density at radius 1 is 0.714 bits per heavy atom. The van der Waals surface area contributed by atoms with Gasteiger partial charge in [-0.25, -0.2) is 0 Å². The first-order valence-corrected chi connectivity index (χ1v) is 7.91. The Balaban J connectivity index is 2.16. The van der Waals surface area contributed by atoms with Crippen LogP contribution in [0.25, 0.3) is 10.8 Å². The van der Waals surface area contributed by atoms with Crippen LogP contribution < -0.4 is 0 Å². The molecule has 0 nitrogen and oxygen atoms in total. The van der Waals surface area contributed by atoms with E-state index in [0.717, 1.165) is 6.42 Å². The molecule has 1 aliphatic carbocycles. The van der Waals surface area contributed by atoms with E-state index in [9.17, 15) is 0 Å². The zero-order chi connectivity index (χ0) is 14.4. The minimum atomic E-state index is 0.461. The molecular formula is C21H20. The van der Waals surface area contributed by atoms with E-state index in [1.165, 1.54) is 33.0 Å². The first kappa shape index (κ1) is 12.6. The minimum absolute atomic E-state index is 0.461. The molecule has 0 aromatic heterocycles. The third-order valence-corrected chi connectivity index (χ3v) is 5.06. The Morgan fingerprint density at radius 2 is 1.33 bits per heavy atom. The average Bonchev–Trinajstić information content (AvgIpc) is 2.64. The highest BCUT2D eigenvalue weighted by molar-refractivity contribution is 5.91. The molecule has 104 valence electrons. The molecule has 0 saturated carbocycles. The molecule has 3 aromatic carbocycles. The summed E-state index contributed by atoms with van der Waals surface area (Å²) in [5, 5.41) is 2.86. The van der Waals surface area contributed by atoms with E-state index in [0.29, 0.717) is 11.8 Å². The predicted octanol–water partition coefficient (Wildman–Crippen LogP) is 5.85. The van der Waals surface area contributed by atoms with Gasteiger partial charge in [0.1, 0.15) is 0 Å². The number of benzene rings is 3. The zero-order valence-electron chi connectivity index (χ0n) is 12.6. The van der Waals surface area contributed by atoms with E-state index in [1.54, 1.807) is 0 Å². The van der Waals surface area contributed by atoms with Gasteiger partial charge in [0.2, 0.25) is 0 Å². The van der Waals surface area contributed by atoms with Gasteiger partial charge in [-0.15, -0.1) is 0 Å². The summed E-state index contributed by atoms with van der Waals surface area (Å²) in [6, 6.07) is 22.5. The molecule has 0 spiro atoms. The van der Waals surface area contributed by atoms with Crippen molar-refractivity contribution in [3.05, 3.63) is 82.9 Å². The van der Waals surface area contributed by atoms with E-state index in [1.807, 2.05) is 0 Å². The fourth-order valence-corrected chi connectivity index (χ4v) is 4.05. The second kappa shape index (κ2) is 4.73. The highest BCUT2D eigenvalue weighted by Gasteiger charge is 2.26. The van der Waals surface area contributed by atoms with Crippen LogP contribution in [0.5, 0.6) is 0 Å². The van der Waals surface area contributed by atoms with Gasteiger partial charge in [-0.3, -0.25) is 0 Å². The van der Waals surface area contributed by atoms with Crippen LogP contribution >= 0.6 is 0 Å². The monoisotopic (exact) mass is 272 g/mol. The molecule has 21 heavy (non-hydrogen) atoms. The minimum Gasteiger partial charge on any atom is -0.0645 e. The fourth-order valence-electron chi connectivity index (χ4n) is 4.05. The van der Waals surface area contributed by atoms with E-state index in [4.69, 9.17) is 0 Å². The van der Waals surface area contributed by atoms with Gasteiger partial charge in [0, 0.05) is 11.8 Å². The Labute approximate surface area is 126 Å². The van der Waals surface area contributed by atoms with Crippen LogP contribution in [0.1, 0.15) is 54.4 Å². The normalized spacial score (nSPS) is 20.1. The highest BCUT2D eigenvalue weighted by atomic mass is 14.3. The Bertz CT molecular complexity index is 808. The molecule has 0 radical (unpaired) electrons. The Morgan fingerprint density at radius 3 is 2.05 bits per heavy atom. The Kier molecular flexibility index (Phi) is 2.85. The summed E-state index contributed by atoms with van der Waals surface area (Å²) >= 11 is 0. The van der Waals surface area contributed by atoms with E-state index >= 15 is 0 Å². The second-order valence-corrected chi connectivity index (χ2v) is 6.10. The van der Waals surface area contributed by atoms with Crippen molar-refractivity contribution in [2.24, 2.45) is 0 Å². The third kappa shape index (κ3) is 1.75. The molecule has 0 saturated heterocycles. The number of fused-ring (bicyclic) bond motifs is 1. The summed E-state index contributed by atoms with van der Waals surface area (Å²) in [4.78, 5) is 0. The van der Waals surface area contributed by atoms with Gasteiger partial charge in [0.15, 0.2) is 0 Å². The van der Waals surface area contributed by atoms with Gasteiger partial charge < -0.3 is 0 Å². The SMILES string of the molecule is CCC1c2ccccc2C(C)c2cccc3cccc1c23. The van der Waals surface area contributed by atoms with Crippen molar-refractivity contribution in [1.29, 1.82) is 0 Å². The zero-order valence-corrected chi connectivity index (χ0v) is 12.6. The summed E-state index contributed by atoms with van der Waals surface area (Å²) in [6.45, 7) is 4.65. The number of hydrogen-bond donors (Lipinski definition) is 0. The van der Waals surface area contributed by atoms with Gasteiger partial charge >= 0.3 is 0 Å². The van der Waals surface area contributed by atoms with Crippen molar-refractivity contribution in [2.75, 3.05) is 0 Å². The lowest BCUT2D eigenvalue weighted by Gasteiger charge is -2.19. The number of hydrogen-bond acceptors (Lipinski definition) is 0. The van der Waals surface area contributed by atoms with Crippen molar-refractivity contribution < 1.29 is 0 Å². The Hall–Kier alpha value is -2.08. The van der Waals surface area contributed by atoms with Gasteiger partial charge in [-0.05, 0) is 39.4 Å². The van der Waals surface area contributed by atoms with Crippen molar-refractivity contribution in [1.82, 2.24) is 0 Å². The lowest BCUT2D eigenvalue weighted by atomic mass is 9.85. The van der Waals surface area contributed by atoms with Crippen molar-refractivity contribution in [3.63, 3.8) is 0 Å². The van der Waals surface area contributed by atoms with Crippen molar-refractivity contribution in [2.45, 2.75) is 32.1 Å².